The number of hydrogen-bond donors (Lipinski definition) is 2. The Balaban J connectivity index is 2.06. The van der Waals surface area contributed by atoms with Gasteiger partial charge in [0.2, 0.25) is 5.91 Å². The van der Waals surface area contributed by atoms with Crippen molar-refractivity contribution < 1.29 is 9.90 Å². The second-order valence-electron chi connectivity index (χ2n) is 7.27. The van der Waals surface area contributed by atoms with Crippen molar-refractivity contribution in [3.63, 3.8) is 0 Å². The van der Waals surface area contributed by atoms with Crippen LogP contribution in [0.5, 0.6) is 0 Å². The summed E-state index contributed by atoms with van der Waals surface area (Å²) in [5.74, 6) is -0.320. The number of likely N-dealkylation sites (N-methyl/N-ethyl adjacent to an activating group) is 1. The van der Waals surface area contributed by atoms with Crippen molar-refractivity contribution in [2.75, 3.05) is 20.1 Å². The van der Waals surface area contributed by atoms with Gasteiger partial charge in [0.15, 0.2) is 0 Å². The average Bonchev–Trinajstić information content (AvgIpc) is 3.06. The average molecular weight is 385 g/mol. The summed E-state index contributed by atoms with van der Waals surface area (Å²) in [6.07, 6.45) is 5.76. The van der Waals surface area contributed by atoms with Gasteiger partial charge in [-0.2, -0.15) is 0 Å². The number of likely N-dealkylation sites (tertiary alicyclic amines) is 1. The Labute approximate surface area is 159 Å². The molecule has 2 atom stereocenters. The molecule has 6 heteroatoms. The van der Waals surface area contributed by atoms with Gasteiger partial charge in [-0.05, 0) is 37.0 Å². The van der Waals surface area contributed by atoms with E-state index in [0.717, 1.165) is 44.2 Å². The molecule has 1 aromatic rings. The van der Waals surface area contributed by atoms with Gasteiger partial charge in [0.05, 0.1) is 22.1 Å². The number of hydrogen-bond acceptors (Lipinski definition) is 3. The molecule has 2 aliphatic rings. The predicted octanol–water partition coefficient (Wildman–Crippen LogP) is 3.59. The molecule has 1 aliphatic heterocycles. The van der Waals surface area contributed by atoms with Gasteiger partial charge < -0.3 is 10.4 Å². The molecule has 2 fully saturated rings. The standard InChI is InChI=1S/C19H26Cl2N2O2/c1-22-18(25)17(13-5-6-15(20)16(21)11-13)19(8-3-2-4-9-19)23-10-7-14(24)12-23/h5-6,11,14,17,24H,2-4,7-10,12H2,1H3,(H,22,25). The molecule has 3 rings (SSSR count). The number of carbonyl (C=O) groups excluding carboxylic acids is 1. The van der Waals surface area contributed by atoms with Crippen LogP contribution in [0.4, 0.5) is 0 Å². The fourth-order valence-electron chi connectivity index (χ4n) is 4.64. The fourth-order valence-corrected chi connectivity index (χ4v) is 4.95. The van der Waals surface area contributed by atoms with E-state index in [1.165, 1.54) is 6.42 Å². The molecule has 1 aromatic carbocycles. The number of nitrogens with zero attached hydrogens (tertiary/aromatic N) is 1. The molecule has 0 radical (unpaired) electrons. The third-order valence-electron chi connectivity index (χ3n) is 5.84. The van der Waals surface area contributed by atoms with Gasteiger partial charge in [0, 0.05) is 25.7 Å². The van der Waals surface area contributed by atoms with E-state index in [4.69, 9.17) is 23.2 Å². The zero-order valence-electron chi connectivity index (χ0n) is 14.6. The Hall–Kier alpha value is -0.810. The maximum absolute atomic E-state index is 13.0. The molecule has 1 amide bonds. The zero-order chi connectivity index (χ0) is 18.0. The van der Waals surface area contributed by atoms with Gasteiger partial charge >= 0.3 is 0 Å². The maximum Gasteiger partial charge on any atom is 0.229 e. The maximum atomic E-state index is 13.0. The lowest BCUT2D eigenvalue weighted by atomic mass is 9.68. The third kappa shape index (κ3) is 3.68. The van der Waals surface area contributed by atoms with E-state index in [2.05, 4.69) is 10.2 Å². The first-order valence-electron chi connectivity index (χ1n) is 9.07. The fraction of sp³-hybridized carbons (Fsp3) is 0.632. The minimum atomic E-state index is -0.321. The van der Waals surface area contributed by atoms with E-state index in [9.17, 15) is 9.90 Å². The van der Waals surface area contributed by atoms with Crippen molar-refractivity contribution in [3.8, 4) is 0 Å². The predicted molar refractivity (Wildman–Crippen MR) is 101 cm³/mol. The second-order valence-corrected chi connectivity index (χ2v) is 8.09. The highest BCUT2D eigenvalue weighted by Gasteiger charge is 2.50. The van der Waals surface area contributed by atoms with Crippen LogP contribution in [-0.4, -0.2) is 47.7 Å². The smallest absolute Gasteiger partial charge is 0.229 e. The van der Waals surface area contributed by atoms with Crippen molar-refractivity contribution in [3.05, 3.63) is 33.8 Å². The number of carbonyl (C=O) groups is 1. The SMILES string of the molecule is CNC(=O)C(c1ccc(Cl)c(Cl)c1)C1(N2CCC(O)C2)CCCCC1. The zero-order valence-corrected chi connectivity index (χ0v) is 16.1. The number of amides is 1. The summed E-state index contributed by atoms with van der Waals surface area (Å²) >= 11 is 12.3. The molecule has 1 heterocycles. The largest absolute Gasteiger partial charge is 0.392 e. The Morgan fingerprint density at radius 3 is 2.56 bits per heavy atom. The van der Waals surface area contributed by atoms with Crippen LogP contribution in [0.1, 0.15) is 50.0 Å². The quantitative estimate of drug-likeness (QED) is 0.833. The minimum Gasteiger partial charge on any atom is -0.392 e. The van der Waals surface area contributed by atoms with Crippen molar-refractivity contribution in [1.82, 2.24) is 10.2 Å². The normalized spacial score (nSPS) is 24.9. The number of nitrogens with one attached hydrogen (secondary N) is 1. The molecule has 138 valence electrons. The summed E-state index contributed by atoms with van der Waals surface area (Å²) in [6.45, 7) is 1.46. The summed E-state index contributed by atoms with van der Waals surface area (Å²) in [4.78, 5) is 15.3. The topological polar surface area (TPSA) is 52.6 Å². The van der Waals surface area contributed by atoms with E-state index in [1.807, 2.05) is 12.1 Å². The van der Waals surface area contributed by atoms with Crippen molar-refractivity contribution >= 4 is 29.1 Å². The van der Waals surface area contributed by atoms with Gasteiger partial charge in [-0.25, -0.2) is 0 Å². The molecular formula is C19H26Cl2N2O2. The van der Waals surface area contributed by atoms with Crippen LogP contribution < -0.4 is 5.32 Å². The minimum absolute atomic E-state index is 0.00155. The first-order valence-corrected chi connectivity index (χ1v) is 9.83. The molecule has 0 spiro atoms. The molecule has 4 nitrogen and oxygen atoms in total. The van der Waals surface area contributed by atoms with E-state index in [1.54, 1.807) is 13.1 Å². The molecule has 2 unspecified atom stereocenters. The number of rotatable bonds is 4. The first-order chi connectivity index (χ1) is 12.0. The van der Waals surface area contributed by atoms with E-state index >= 15 is 0 Å². The lowest BCUT2D eigenvalue weighted by Crippen LogP contribution is -2.57. The second kappa shape index (κ2) is 7.83. The van der Waals surface area contributed by atoms with Crippen molar-refractivity contribution in [1.29, 1.82) is 0 Å². The molecule has 0 bridgehead atoms. The first kappa shape index (κ1) is 19.0. The van der Waals surface area contributed by atoms with Crippen molar-refractivity contribution in [2.45, 2.75) is 56.1 Å². The summed E-state index contributed by atoms with van der Waals surface area (Å²) in [6, 6.07) is 5.51. The summed E-state index contributed by atoms with van der Waals surface area (Å²) in [5, 5.41) is 13.9. The molecule has 1 saturated carbocycles. The van der Waals surface area contributed by atoms with Crippen LogP contribution in [-0.2, 0) is 4.79 Å². The summed E-state index contributed by atoms with van der Waals surface area (Å²) in [7, 11) is 1.68. The van der Waals surface area contributed by atoms with Gasteiger partial charge in [-0.1, -0.05) is 48.5 Å². The number of benzene rings is 1. The van der Waals surface area contributed by atoms with Crippen LogP contribution >= 0.6 is 23.2 Å². The number of halogens is 2. The molecule has 2 N–H and O–H groups in total. The Morgan fingerprint density at radius 2 is 2.00 bits per heavy atom. The Kier molecular flexibility index (Phi) is 5.94. The van der Waals surface area contributed by atoms with Gasteiger partial charge in [0.1, 0.15) is 0 Å². The highest BCUT2D eigenvalue weighted by molar-refractivity contribution is 6.42. The highest BCUT2D eigenvalue weighted by Crippen LogP contribution is 2.46. The van der Waals surface area contributed by atoms with Crippen LogP contribution in [0, 0.1) is 0 Å². The van der Waals surface area contributed by atoms with Crippen LogP contribution in [0.2, 0.25) is 10.0 Å². The molecule has 1 saturated heterocycles. The van der Waals surface area contributed by atoms with Crippen LogP contribution in [0.3, 0.4) is 0 Å². The molecular weight excluding hydrogens is 359 g/mol. The van der Waals surface area contributed by atoms with E-state index in [0.29, 0.717) is 16.6 Å². The van der Waals surface area contributed by atoms with Gasteiger partial charge in [0.25, 0.3) is 0 Å². The number of aliphatic hydroxyl groups is 1. The van der Waals surface area contributed by atoms with Crippen molar-refractivity contribution in [2.24, 2.45) is 0 Å². The lowest BCUT2D eigenvalue weighted by Gasteiger charge is -2.49. The van der Waals surface area contributed by atoms with Gasteiger partial charge in [-0.3, -0.25) is 9.69 Å². The third-order valence-corrected chi connectivity index (χ3v) is 6.57. The number of β-amino-alcohol motifs (C(OH)–C–C–N with tert-alkyl or cyclic N) is 1. The Bertz CT molecular complexity index is 632. The van der Waals surface area contributed by atoms with Crippen LogP contribution in [0.25, 0.3) is 0 Å². The Morgan fingerprint density at radius 1 is 1.28 bits per heavy atom. The van der Waals surface area contributed by atoms with Crippen LogP contribution in [0.15, 0.2) is 18.2 Å². The lowest BCUT2D eigenvalue weighted by molar-refractivity contribution is -0.127. The van der Waals surface area contributed by atoms with E-state index < -0.39 is 0 Å². The summed E-state index contributed by atoms with van der Waals surface area (Å²) in [5.41, 5.74) is 0.629. The summed E-state index contributed by atoms with van der Waals surface area (Å²) < 4.78 is 0. The number of aliphatic hydroxyl groups excluding tert-OH is 1. The molecule has 1 aliphatic carbocycles. The monoisotopic (exact) mass is 384 g/mol. The highest BCUT2D eigenvalue weighted by atomic mass is 35.5. The molecule has 0 aromatic heterocycles. The van der Waals surface area contributed by atoms with Gasteiger partial charge in [-0.15, -0.1) is 0 Å². The van der Waals surface area contributed by atoms with E-state index in [-0.39, 0.29) is 23.5 Å². The molecule has 25 heavy (non-hydrogen) atoms.